The summed E-state index contributed by atoms with van der Waals surface area (Å²) in [7, 11) is 3.18. The Labute approximate surface area is 169 Å². The Balaban J connectivity index is 1.78. The molecule has 0 fully saturated rings. The molecular weight excluding hydrogens is 372 g/mol. The minimum Gasteiger partial charge on any atom is -0.493 e. The van der Waals surface area contributed by atoms with E-state index in [1.54, 1.807) is 32.5 Å². The van der Waals surface area contributed by atoms with Gasteiger partial charge in [0.05, 0.1) is 19.9 Å². The number of aromatic nitrogens is 1. The van der Waals surface area contributed by atoms with E-state index in [2.05, 4.69) is 20.8 Å². The zero-order chi connectivity index (χ0) is 19.8. The summed E-state index contributed by atoms with van der Waals surface area (Å²) in [5.74, 6) is 1.25. The van der Waals surface area contributed by atoms with Crippen molar-refractivity contribution in [2.75, 3.05) is 19.5 Å². The maximum atomic E-state index is 5.37. The summed E-state index contributed by atoms with van der Waals surface area (Å²) in [5, 5.41) is 7.91. The highest BCUT2D eigenvalue weighted by molar-refractivity contribution is 7.80. The van der Waals surface area contributed by atoms with Crippen LogP contribution in [0.15, 0.2) is 78.0 Å². The predicted molar refractivity (Wildman–Crippen MR) is 115 cm³/mol. The van der Waals surface area contributed by atoms with Crippen LogP contribution in [0.4, 0.5) is 5.69 Å². The van der Waals surface area contributed by atoms with E-state index in [0.717, 1.165) is 16.9 Å². The fourth-order valence-corrected chi connectivity index (χ4v) is 2.71. The molecule has 0 spiro atoms. The first-order chi connectivity index (χ1) is 13.7. The van der Waals surface area contributed by atoms with Gasteiger partial charge in [0.1, 0.15) is 5.71 Å². The zero-order valence-electron chi connectivity index (χ0n) is 15.5. The van der Waals surface area contributed by atoms with E-state index in [-0.39, 0.29) is 0 Å². The van der Waals surface area contributed by atoms with Crippen molar-refractivity contribution in [2.24, 2.45) is 5.10 Å². The van der Waals surface area contributed by atoms with Gasteiger partial charge in [0.15, 0.2) is 16.6 Å². The van der Waals surface area contributed by atoms with Gasteiger partial charge >= 0.3 is 0 Å². The van der Waals surface area contributed by atoms with Crippen molar-refractivity contribution in [1.82, 2.24) is 10.4 Å². The molecule has 2 N–H and O–H groups in total. The molecule has 0 radical (unpaired) electrons. The maximum Gasteiger partial charge on any atom is 0.191 e. The van der Waals surface area contributed by atoms with E-state index in [1.165, 1.54) is 0 Å². The molecule has 6 nitrogen and oxygen atoms in total. The number of methoxy groups -OCH3 is 2. The third-order valence-corrected chi connectivity index (χ3v) is 4.06. The van der Waals surface area contributed by atoms with E-state index >= 15 is 0 Å². The quantitative estimate of drug-likeness (QED) is 0.377. The molecule has 0 unspecified atom stereocenters. The summed E-state index contributed by atoms with van der Waals surface area (Å²) in [6.45, 7) is 0. The summed E-state index contributed by atoms with van der Waals surface area (Å²) in [4.78, 5) is 4.39. The van der Waals surface area contributed by atoms with Gasteiger partial charge in [-0.1, -0.05) is 36.4 Å². The van der Waals surface area contributed by atoms with Crippen LogP contribution in [0.25, 0.3) is 0 Å². The van der Waals surface area contributed by atoms with Gasteiger partial charge in [0.2, 0.25) is 0 Å². The van der Waals surface area contributed by atoms with Crippen LogP contribution in [0, 0.1) is 0 Å². The normalized spacial score (nSPS) is 10.9. The number of thiocarbonyl (C=S) groups is 1. The molecule has 0 saturated carbocycles. The summed E-state index contributed by atoms with van der Waals surface area (Å²) >= 11 is 5.37. The Hall–Kier alpha value is -3.45. The van der Waals surface area contributed by atoms with Gasteiger partial charge in [0, 0.05) is 23.5 Å². The van der Waals surface area contributed by atoms with Gasteiger partial charge in [-0.3, -0.25) is 10.4 Å². The molecule has 1 aromatic heterocycles. The third-order valence-electron chi connectivity index (χ3n) is 3.87. The van der Waals surface area contributed by atoms with E-state index in [0.29, 0.717) is 22.3 Å². The molecule has 142 valence electrons. The second kappa shape index (κ2) is 9.48. The average Bonchev–Trinajstić information content (AvgIpc) is 2.75. The van der Waals surface area contributed by atoms with Gasteiger partial charge in [-0.05, 0) is 36.5 Å². The molecule has 0 aliphatic carbocycles. The second-order valence-corrected chi connectivity index (χ2v) is 6.09. The highest BCUT2D eigenvalue weighted by Crippen LogP contribution is 2.29. The number of pyridine rings is 1. The van der Waals surface area contributed by atoms with Crippen LogP contribution in [0.3, 0.4) is 0 Å². The van der Waals surface area contributed by atoms with Crippen molar-refractivity contribution >= 4 is 28.7 Å². The highest BCUT2D eigenvalue weighted by Gasteiger charge is 2.09. The molecular formula is C21H20N4O2S. The van der Waals surface area contributed by atoms with Crippen LogP contribution < -0.4 is 20.2 Å². The number of nitrogens with one attached hydrogen (secondary N) is 2. The topological polar surface area (TPSA) is 67.8 Å². The zero-order valence-corrected chi connectivity index (χ0v) is 16.4. The van der Waals surface area contributed by atoms with Crippen molar-refractivity contribution in [1.29, 1.82) is 0 Å². The molecule has 7 heteroatoms. The number of benzene rings is 2. The summed E-state index contributed by atoms with van der Waals surface area (Å²) in [6.07, 6.45) is 1.73. The predicted octanol–water partition coefficient (Wildman–Crippen LogP) is 3.84. The van der Waals surface area contributed by atoms with Gasteiger partial charge < -0.3 is 14.8 Å². The second-order valence-electron chi connectivity index (χ2n) is 5.68. The minimum atomic E-state index is 0.344. The standard InChI is InChI=1S/C21H20N4O2S/c1-26-18-12-11-16(14-19(18)27-2)23-21(28)25-24-20(15-8-4-3-5-9-15)17-10-6-7-13-22-17/h3-14H,1-2H3,(H2,23,25,28)/b24-20-. The molecule has 3 rings (SSSR count). The van der Waals surface area contributed by atoms with Gasteiger partial charge in [-0.2, -0.15) is 5.10 Å². The summed E-state index contributed by atoms with van der Waals surface area (Å²) < 4.78 is 10.6. The third kappa shape index (κ3) is 4.83. The SMILES string of the molecule is COc1ccc(NC(=S)N/N=C(/c2ccccc2)c2ccccn2)cc1OC. The molecule has 3 aromatic rings. The van der Waals surface area contributed by atoms with Gasteiger partial charge in [0.25, 0.3) is 0 Å². The largest absolute Gasteiger partial charge is 0.493 e. The van der Waals surface area contributed by atoms with Crippen LogP contribution in [0.1, 0.15) is 11.3 Å². The number of hydrogen-bond acceptors (Lipinski definition) is 5. The van der Waals surface area contributed by atoms with Crippen molar-refractivity contribution in [3.8, 4) is 11.5 Å². The highest BCUT2D eigenvalue weighted by atomic mass is 32.1. The lowest BCUT2D eigenvalue weighted by molar-refractivity contribution is 0.355. The fraction of sp³-hybridized carbons (Fsp3) is 0.0952. The van der Waals surface area contributed by atoms with E-state index < -0.39 is 0 Å². The Morgan fingerprint density at radius 1 is 0.929 bits per heavy atom. The van der Waals surface area contributed by atoms with Crippen LogP contribution >= 0.6 is 12.2 Å². The van der Waals surface area contributed by atoms with Crippen molar-refractivity contribution in [2.45, 2.75) is 0 Å². The van der Waals surface area contributed by atoms with Crippen molar-refractivity contribution < 1.29 is 9.47 Å². The molecule has 0 saturated heterocycles. The number of ether oxygens (including phenoxy) is 2. The lowest BCUT2D eigenvalue weighted by atomic mass is 10.1. The lowest BCUT2D eigenvalue weighted by Crippen LogP contribution is -2.26. The van der Waals surface area contributed by atoms with Crippen molar-refractivity contribution in [3.63, 3.8) is 0 Å². The summed E-state index contributed by atoms with van der Waals surface area (Å²) in [5.41, 5.74) is 6.02. The molecule has 1 heterocycles. The van der Waals surface area contributed by atoms with E-state index in [4.69, 9.17) is 21.7 Å². The molecule has 0 amide bonds. The van der Waals surface area contributed by atoms with Gasteiger partial charge in [-0.15, -0.1) is 0 Å². The lowest BCUT2D eigenvalue weighted by Gasteiger charge is -2.12. The van der Waals surface area contributed by atoms with E-state index in [9.17, 15) is 0 Å². The Kier molecular flexibility index (Phi) is 6.54. The van der Waals surface area contributed by atoms with Crippen LogP contribution in [-0.2, 0) is 0 Å². The molecule has 2 aromatic carbocycles. The van der Waals surface area contributed by atoms with Crippen LogP contribution in [0.2, 0.25) is 0 Å². The number of hydrogen-bond donors (Lipinski definition) is 2. The van der Waals surface area contributed by atoms with E-state index in [1.807, 2.05) is 54.6 Å². The fourth-order valence-electron chi connectivity index (χ4n) is 2.55. The molecule has 0 aliphatic rings. The van der Waals surface area contributed by atoms with Crippen LogP contribution in [0.5, 0.6) is 11.5 Å². The van der Waals surface area contributed by atoms with Gasteiger partial charge in [-0.25, -0.2) is 0 Å². The Morgan fingerprint density at radius 2 is 1.68 bits per heavy atom. The molecule has 0 atom stereocenters. The summed E-state index contributed by atoms with van der Waals surface area (Å²) in [6, 6.07) is 20.9. The molecule has 28 heavy (non-hydrogen) atoms. The first-order valence-corrected chi connectivity index (χ1v) is 8.95. The first-order valence-electron chi connectivity index (χ1n) is 8.55. The van der Waals surface area contributed by atoms with Crippen LogP contribution in [-0.4, -0.2) is 30.0 Å². The number of nitrogens with zero attached hydrogens (tertiary/aromatic N) is 2. The monoisotopic (exact) mass is 392 g/mol. The minimum absolute atomic E-state index is 0.344. The maximum absolute atomic E-state index is 5.37. The smallest absolute Gasteiger partial charge is 0.191 e. The Bertz CT molecular complexity index is 921. The number of rotatable bonds is 6. The average molecular weight is 392 g/mol. The first kappa shape index (κ1) is 19.3. The Morgan fingerprint density at radius 3 is 2.36 bits per heavy atom. The number of anilines is 1. The number of hydrazone groups is 1. The molecule has 0 aliphatic heterocycles. The molecule has 0 bridgehead atoms. The van der Waals surface area contributed by atoms with Crippen molar-refractivity contribution in [3.05, 3.63) is 84.2 Å².